The van der Waals surface area contributed by atoms with Crippen LogP contribution < -0.4 is 11.1 Å². The summed E-state index contributed by atoms with van der Waals surface area (Å²) in [5.41, 5.74) is 6.68. The molecule has 0 aliphatic rings. The summed E-state index contributed by atoms with van der Waals surface area (Å²) in [5.74, 6) is -0.983. The van der Waals surface area contributed by atoms with Gasteiger partial charge in [-0.3, -0.25) is 14.9 Å². The van der Waals surface area contributed by atoms with E-state index in [4.69, 9.17) is 10.5 Å². The second-order valence-corrected chi connectivity index (χ2v) is 5.93. The molecule has 0 aromatic heterocycles. The third kappa shape index (κ3) is 4.79. The maximum Gasteiger partial charge on any atom is 0.338 e. The fraction of sp³-hybridized carbons (Fsp3) is 0.222. The Kier molecular flexibility index (Phi) is 5.90. The SMILES string of the molecule is CC(C)c1ccc(NC(=O)COC(=O)c2ccc(N)c([N+](=O)[O-])c2)cc1. The monoisotopic (exact) mass is 357 g/mol. The van der Waals surface area contributed by atoms with Crippen molar-refractivity contribution < 1.29 is 19.2 Å². The second-order valence-electron chi connectivity index (χ2n) is 5.93. The third-order valence-corrected chi connectivity index (χ3v) is 3.66. The fourth-order valence-electron chi connectivity index (χ4n) is 2.19. The van der Waals surface area contributed by atoms with E-state index in [2.05, 4.69) is 19.2 Å². The summed E-state index contributed by atoms with van der Waals surface area (Å²) in [5, 5.41) is 13.5. The van der Waals surface area contributed by atoms with E-state index >= 15 is 0 Å². The van der Waals surface area contributed by atoms with E-state index in [-0.39, 0.29) is 11.3 Å². The van der Waals surface area contributed by atoms with Crippen molar-refractivity contribution in [3.8, 4) is 0 Å². The van der Waals surface area contributed by atoms with Crippen molar-refractivity contribution in [3.63, 3.8) is 0 Å². The number of carbonyl (C=O) groups excluding carboxylic acids is 2. The van der Waals surface area contributed by atoms with Gasteiger partial charge in [0.2, 0.25) is 0 Å². The van der Waals surface area contributed by atoms with Gasteiger partial charge < -0.3 is 15.8 Å². The molecule has 0 saturated carbocycles. The molecule has 0 aliphatic heterocycles. The number of nitrogens with zero attached hydrogens (tertiary/aromatic N) is 1. The second kappa shape index (κ2) is 8.11. The van der Waals surface area contributed by atoms with Crippen LogP contribution in [0.1, 0.15) is 35.7 Å². The molecule has 0 aliphatic carbocycles. The van der Waals surface area contributed by atoms with E-state index in [0.29, 0.717) is 11.6 Å². The number of benzene rings is 2. The van der Waals surface area contributed by atoms with Crippen LogP contribution in [-0.2, 0) is 9.53 Å². The third-order valence-electron chi connectivity index (χ3n) is 3.66. The van der Waals surface area contributed by atoms with Gasteiger partial charge in [0, 0.05) is 11.8 Å². The molecule has 8 heteroatoms. The Balaban J connectivity index is 1.93. The number of carbonyl (C=O) groups is 2. The van der Waals surface area contributed by atoms with Crippen molar-refractivity contribution in [2.24, 2.45) is 0 Å². The number of nitro benzene ring substituents is 1. The molecule has 1 amide bonds. The first-order chi connectivity index (χ1) is 12.3. The zero-order valence-electron chi connectivity index (χ0n) is 14.4. The Morgan fingerprint density at radius 1 is 1.19 bits per heavy atom. The highest BCUT2D eigenvalue weighted by molar-refractivity contribution is 5.96. The number of amides is 1. The molecule has 0 bridgehead atoms. The number of nitrogens with one attached hydrogen (secondary N) is 1. The summed E-state index contributed by atoms with van der Waals surface area (Å²) in [6.07, 6.45) is 0. The summed E-state index contributed by atoms with van der Waals surface area (Å²) in [6.45, 7) is 3.62. The number of ether oxygens (including phenoxy) is 1. The average Bonchev–Trinajstić information content (AvgIpc) is 2.60. The zero-order valence-corrected chi connectivity index (χ0v) is 14.4. The van der Waals surface area contributed by atoms with Gasteiger partial charge in [0.15, 0.2) is 6.61 Å². The van der Waals surface area contributed by atoms with Crippen LogP contribution in [0.5, 0.6) is 0 Å². The number of rotatable bonds is 6. The molecule has 136 valence electrons. The van der Waals surface area contributed by atoms with Crippen molar-refractivity contribution in [1.82, 2.24) is 0 Å². The normalized spacial score (nSPS) is 10.4. The molecule has 0 unspecified atom stereocenters. The standard InChI is InChI=1S/C18H19N3O5/c1-11(2)12-3-6-14(7-4-12)20-17(22)10-26-18(23)13-5-8-15(19)16(9-13)21(24)25/h3-9,11H,10,19H2,1-2H3,(H,20,22). The minimum absolute atomic E-state index is 0.0556. The zero-order chi connectivity index (χ0) is 19.3. The summed E-state index contributed by atoms with van der Waals surface area (Å²) in [7, 11) is 0. The molecule has 3 N–H and O–H groups in total. The van der Waals surface area contributed by atoms with Crippen LogP contribution in [0.2, 0.25) is 0 Å². The lowest BCUT2D eigenvalue weighted by atomic mass is 10.0. The first-order valence-corrected chi connectivity index (χ1v) is 7.88. The van der Waals surface area contributed by atoms with Gasteiger partial charge in [-0.15, -0.1) is 0 Å². The molecule has 0 fully saturated rings. The van der Waals surface area contributed by atoms with E-state index in [1.807, 2.05) is 12.1 Å². The number of nitro groups is 1. The highest BCUT2D eigenvalue weighted by atomic mass is 16.6. The van der Waals surface area contributed by atoms with E-state index < -0.39 is 29.1 Å². The molecule has 8 nitrogen and oxygen atoms in total. The molecule has 2 aromatic rings. The van der Waals surface area contributed by atoms with Crippen molar-refractivity contribution in [2.75, 3.05) is 17.7 Å². The van der Waals surface area contributed by atoms with Gasteiger partial charge in [-0.05, 0) is 35.7 Å². The van der Waals surface area contributed by atoms with E-state index in [1.165, 1.54) is 12.1 Å². The Hall–Kier alpha value is -3.42. The van der Waals surface area contributed by atoms with Crippen LogP contribution in [-0.4, -0.2) is 23.4 Å². The van der Waals surface area contributed by atoms with Gasteiger partial charge >= 0.3 is 5.97 Å². The quantitative estimate of drug-likeness (QED) is 0.354. The molecule has 2 rings (SSSR count). The fourth-order valence-corrected chi connectivity index (χ4v) is 2.19. The van der Waals surface area contributed by atoms with Gasteiger partial charge in [-0.1, -0.05) is 26.0 Å². The van der Waals surface area contributed by atoms with Crippen LogP contribution in [0.25, 0.3) is 0 Å². The maximum atomic E-state index is 11.9. The van der Waals surface area contributed by atoms with Crippen molar-refractivity contribution >= 4 is 28.9 Å². The number of hydrogen-bond acceptors (Lipinski definition) is 6. The number of anilines is 2. The predicted octanol–water partition coefficient (Wildman–Crippen LogP) is 3.10. The van der Waals surface area contributed by atoms with Crippen LogP contribution in [0.15, 0.2) is 42.5 Å². The van der Waals surface area contributed by atoms with E-state index in [1.54, 1.807) is 12.1 Å². The topological polar surface area (TPSA) is 125 Å². The van der Waals surface area contributed by atoms with E-state index in [9.17, 15) is 19.7 Å². The molecule has 0 radical (unpaired) electrons. The summed E-state index contributed by atoms with van der Waals surface area (Å²) < 4.78 is 4.88. The lowest BCUT2D eigenvalue weighted by molar-refractivity contribution is -0.383. The van der Waals surface area contributed by atoms with Crippen molar-refractivity contribution in [3.05, 3.63) is 63.7 Å². The van der Waals surface area contributed by atoms with Crippen molar-refractivity contribution in [2.45, 2.75) is 19.8 Å². The Labute approximate surface area is 150 Å². The lowest BCUT2D eigenvalue weighted by Gasteiger charge is -2.09. The first kappa shape index (κ1) is 18.9. The highest BCUT2D eigenvalue weighted by Gasteiger charge is 2.17. The molecule has 0 spiro atoms. The van der Waals surface area contributed by atoms with Crippen LogP contribution in [0.3, 0.4) is 0 Å². The Bertz CT molecular complexity index is 831. The Morgan fingerprint density at radius 2 is 1.85 bits per heavy atom. The number of hydrogen-bond donors (Lipinski definition) is 2. The molecule has 0 saturated heterocycles. The van der Waals surface area contributed by atoms with Crippen LogP contribution in [0.4, 0.5) is 17.1 Å². The number of nitrogens with two attached hydrogens (primary N) is 1. The largest absolute Gasteiger partial charge is 0.452 e. The maximum absolute atomic E-state index is 11.9. The van der Waals surface area contributed by atoms with E-state index in [0.717, 1.165) is 11.6 Å². The number of esters is 1. The van der Waals surface area contributed by atoms with Gasteiger partial charge in [0.05, 0.1) is 10.5 Å². The molecular formula is C18H19N3O5. The number of nitrogen functional groups attached to an aromatic ring is 1. The van der Waals surface area contributed by atoms with Gasteiger partial charge in [0.25, 0.3) is 11.6 Å². The van der Waals surface area contributed by atoms with Gasteiger partial charge in [-0.2, -0.15) is 0 Å². The molecular weight excluding hydrogens is 338 g/mol. The van der Waals surface area contributed by atoms with Gasteiger partial charge in [-0.25, -0.2) is 4.79 Å². The van der Waals surface area contributed by atoms with Gasteiger partial charge in [0.1, 0.15) is 5.69 Å². The average molecular weight is 357 g/mol. The molecule has 0 heterocycles. The minimum Gasteiger partial charge on any atom is -0.452 e. The summed E-state index contributed by atoms with van der Waals surface area (Å²) >= 11 is 0. The smallest absolute Gasteiger partial charge is 0.338 e. The lowest BCUT2D eigenvalue weighted by Crippen LogP contribution is -2.21. The summed E-state index contributed by atoms with van der Waals surface area (Å²) in [4.78, 5) is 34.0. The van der Waals surface area contributed by atoms with Crippen LogP contribution >= 0.6 is 0 Å². The summed E-state index contributed by atoms with van der Waals surface area (Å²) in [6, 6.07) is 10.9. The molecule has 0 atom stereocenters. The highest BCUT2D eigenvalue weighted by Crippen LogP contribution is 2.22. The van der Waals surface area contributed by atoms with Crippen molar-refractivity contribution in [1.29, 1.82) is 0 Å². The Morgan fingerprint density at radius 3 is 2.42 bits per heavy atom. The predicted molar refractivity (Wildman–Crippen MR) is 97.0 cm³/mol. The molecule has 2 aromatic carbocycles. The first-order valence-electron chi connectivity index (χ1n) is 7.88. The van der Waals surface area contributed by atoms with Crippen LogP contribution in [0, 0.1) is 10.1 Å². The molecule has 26 heavy (non-hydrogen) atoms. The minimum atomic E-state index is -0.849.